The number of anilines is 1. The van der Waals surface area contributed by atoms with Crippen LogP contribution in [0.1, 0.15) is 17.3 Å². The third kappa shape index (κ3) is 3.60. The van der Waals surface area contributed by atoms with E-state index in [0.29, 0.717) is 11.3 Å². The number of esters is 1. The highest BCUT2D eigenvalue weighted by Gasteiger charge is 2.14. The number of primary amides is 1. The predicted octanol–water partition coefficient (Wildman–Crippen LogP) is 0.287. The van der Waals surface area contributed by atoms with Crippen LogP contribution in [-0.2, 0) is 14.3 Å². The molecule has 0 aromatic heterocycles. The lowest BCUT2D eigenvalue weighted by Crippen LogP contribution is -2.25. The van der Waals surface area contributed by atoms with Gasteiger partial charge in [0.2, 0.25) is 5.91 Å². The molecule has 0 aliphatic heterocycles. The molecule has 90 valence electrons. The van der Waals surface area contributed by atoms with Gasteiger partial charge in [-0.3, -0.25) is 9.59 Å². The van der Waals surface area contributed by atoms with Crippen LogP contribution in [-0.4, -0.2) is 24.4 Å². The third-order valence-corrected chi connectivity index (χ3v) is 1.89. The number of hydrogen-bond donors (Lipinski definition) is 2. The fourth-order valence-electron chi connectivity index (χ4n) is 1.10. The van der Waals surface area contributed by atoms with Gasteiger partial charge in [0.1, 0.15) is 0 Å². The fraction of sp³-hybridized carbons (Fsp3) is 0.182. The van der Waals surface area contributed by atoms with Crippen LogP contribution in [0.4, 0.5) is 5.69 Å². The third-order valence-electron chi connectivity index (χ3n) is 1.89. The molecule has 0 heterocycles. The van der Waals surface area contributed by atoms with Gasteiger partial charge in [0.15, 0.2) is 0 Å². The van der Waals surface area contributed by atoms with Gasteiger partial charge >= 0.3 is 11.9 Å². The summed E-state index contributed by atoms with van der Waals surface area (Å²) in [6.07, 6.45) is 0. The zero-order chi connectivity index (χ0) is 12.8. The Morgan fingerprint density at radius 2 is 1.82 bits per heavy atom. The molecule has 0 atom stereocenters. The van der Waals surface area contributed by atoms with Crippen molar-refractivity contribution in [1.82, 2.24) is 0 Å². The first-order valence-electron chi connectivity index (χ1n) is 4.92. The second-order valence-electron chi connectivity index (χ2n) is 3.12. The van der Waals surface area contributed by atoms with E-state index >= 15 is 0 Å². The molecule has 0 spiro atoms. The summed E-state index contributed by atoms with van der Waals surface area (Å²) in [5.41, 5.74) is 5.75. The van der Waals surface area contributed by atoms with Gasteiger partial charge in [-0.1, -0.05) is 0 Å². The Bertz CT molecular complexity index is 439. The monoisotopic (exact) mass is 236 g/mol. The molecule has 0 unspecified atom stereocenters. The first kappa shape index (κ1) is 12.7. The van der Waals surface area contributed by atoms with Gasteiger partial charge in [0.25, 0.3) is 0 Å². The number of amides is 2. The topological polar surface area (TPSA) is 98.5 Å². The van der Waals surface area contributed by atoms with Crippen molar-refractivity contribution in [3.8, 4) is 0 Å². The van der Waals surface area contributed by atoms with Crippen LogP contribution in [0.25, 0.3) is 0 Å². The molecule has 2 amide bonds. The van der Waals surface area contributed by atoms with Gasteiger partial charge in [0.05, 0.1) is 6.61 Å². The van der Waals surface area contributed by atoms with Gasteiger partial charge in [-0.2, -0.15) is 0 Å². The minimum absolute atomic E-state index is 0.132. The Hall–Kier alpha value is -2.37. The van der Waals surface area contributed by atoms with Crippen molar-refractivity contribution >= 4 is 23.5 Å². The van der Waals surface area contributed by atoms with E-state index in [0.717, 1.165) is 0 Å². The summed E-state index contributed by atoms with van der Waals surface area (Å²) in [6.45, 7) is 1.74. The summed E-state index contributed by atoms with van der Waals surface area (Å²) >= 11 is 0. The fourth-order valence-corrected chi connectivity index (χ4v) is 1.10. The summed E-state index contributed by atoms with van der Waals surface area (Å²) in [7, 11) is 0. The van der Waals surface area contributed by atoms with Crippen molar-refractivity contribution in [2.75, 3.05) is 11.9 Å². The highest BCUT2D eigenvalue weighted by Crippen LogP contribution is 2.09. The van der Waals surface area contributed by atoms with Gasteiger partial charge in [-0.05, 0) is 31.2 Å². The standard InChI is InChI=1S/C11H12N2O4/c1-2-17-11(16)10(15)13-8-5-3-7(4-6-8)9(12)14/h3-6H,2H2,1H3,(H2,12,14)(H,13,15). The number of nitrogens with one attached hydrogen (secondary N) is 1. The molecule has 0 saturated heterocycles. The summed E-state index contributed by atoms with van der Waals surface area (Å²) in [6, 6.07) is 5.83. The van der Waals surface area contributed by atoms with Crippen molar-refractivity contribution < 1.29 is 19.1 Å². The minimum atomic E-state index is -0.952. The second kappa shape index (κ2) is 5.64. The van der Waals surface area contributed by atoms with E-state index in [1.165, 1.54) is 24.3 Å². The maximum Gasteiger partial charge on any atom is 0.397 e. The zero-order valence-corrected chi connectivity index (χ0v) is 9.23. The molecule has 1 rings (SSSR count). The predicted molar refractivity (Wildman–Crippen MR) is 60.2 cm³/mol. The normalized spacial score (nSPS) is 9.47. The molecular weight excluding hydrogens is 224 g/mol. The van der Waals surface area contributed by atoms with Crippen LogP contribution in [0.5, 0.6) is 0 Å². The van der Waals surface area contributed by atoms with E-state index in [1.54, 1.807) is 6.92 Å². The number of ether oxygens (including phenoxy) is 1. The number of hydrogen-bond acceptors (Lipinski definition) is 4. The average Bonchev–Trinajstić information content (AvgIpc) is 2.30. The zero-order valence-electron chi connectivity index (χ0n) is 9.23. The van der Waals surface area contributed by atoms with E-state index in [-0.39, 0.29) is 6.61 Å². The molecule has 0 aliphatic carbocycles. The molecule has 6 heteroatoms. The van der Waals surface area contributed by atoms with Gasteiger partial charge in [0, 0.05) is 11.3 Å². The Balaban J connectivity index is 2.66. The highest BCUT2D eigenvalue weighted by molar-refractivity contribution is 6.37. The summed E-state index contributed by atoms with van der Waals surface area (Å²) < 4.78 is 4.51. The molecule has 3 N–H and O–H groups in total. The maximum absolute atomic E-state index is 11.2. The molecule has 1 aromatic carbocycles. The van der Waals surface area contributed by atoms with Crippen LogP contribution < -0.4 is 11.1 Å². The van der Waals surface area contributed by atoms with E-state index in [1.807, 2.05) is 0 Å². The molecular formula is C11H12N2O4. The molecule has 0 aliphatic rings. The van der Waals surface area contributed by atoms with E-state index in [4.69, 9.17) is 5.73 Å². The SMILES string of the molecule is CCOC(=O)C(=O)Nc1ccc(C(N)=O)cc1. The maximum atomic E-state index is 11.2. The lowest BCUT2D eigenvalue weighted by Gasteiger charge is -2.04. The molecule has 1 aromatic rings. The number of carbonyl (C=O) groups excluding carboxylic acids is 3. The number of rotatable bonds is 3. The second-order valence-corrected chi connectivity index (χ2v) is 3.12. The lowest BCUT2D eigenvalue weighted by atomic mass is 10.2. The van der Waals surface area contributed by atoms with Crippen LogP contribution in [0.2, 0.25) is 0 Å². The van der Waals surface area contributed by atoms with E-state index in [2.05, 4.69) is 10.1 Å². The highest BCUT2D eigenvalue weighted by atomic mass is 16.5. The van der Waals surface area contributed by atoms with Gasteiger partial charge < -0.3 is 15.8 Å². The quantitative estimate of drug-likeness (QED) is 0.582. The van der Waals surface area contributed by atoms with E-state index < -0.39 is 17.8 Å². The first-order chi connectivity index (χ1) is 8.04. The lowest BCUT2D eigenvalue weighted by molar-refractivity contribution is -0.152. The van der Waals surface area contributed by atoms with Crippen LogP contribution >= 0.6 is 0 Å². The Morgan fingerprint density at radius 1 is 1.24 bits per heavy atom. The number of carbonyl (C=O) groups is 3. The molecule has 0 fully saturated rings. The Kier molecular flexibility index (Phi) is 4.21. The minimum Gasteiger partial charge on any atom is -0.459 e. The van der Waals surface area contributed by atoms with Gasteiger partial charge in [-0.15, -0.1) is 0 Å². The van der Waals surface area contributed by atoms with E-state index in [9.17, 15) is 14.4 Å². The van der Waals surface area contributed by atoms with Crippen molar-refractivity contribution in [3.63, 3.8) is 0 Å². The molecule has 0 radical (unpaired) electrons. The Labute approximate surface area is 97.7 Å². The molecule has 17 heavy (non-hydrogen) atoms. The summed E-state index contributed by atoms with van der Waals surface area (Å²) in [5.74, 6) is -2.38. The van der Waals surface area contributed by atoms with Crippen molar-refractivity contribution in [3.05, 3.63) is 29.8 Å². The van der Waals surface area contributed by atoms with Crippen LogP contribution in [0, 0.1) is 0 Å². The summed E-state index contributed by atoms with van der Waals surface area (Å²) in [4.78, 5) is 33.0. The number of benzene rings is 1. The Morgan fingerprint density at radius 3 is 2.29 bits per heavy atom. The largest absolute Gasteiger partial charge is 0.459 e. The molecule has 0 bridgehead atoms. The summed E-state index contributed by atoms with van der Waals surface area (Å²) in [5, 5.41) is 2.33. The van der Waals surface area contributed by atoms with Crippen molar-refractivity contribution in [1.29, 1.82) is 0 Å². The van der Waals surface area contributed by atoms with Crippen molar-refractivity contribution in [2.24, 2.45) is 5.73 Å². The smallest absolute Gasteiger partial charge is 0.397 e. The molecule has 0 saturated carbocycles. The number of nitrogens with two attached hydrogens (primary N) is 1. The van der Waals surface area contributed by atoms with Gasteiger partial charge in [-0.25, -0.2) is 4.79 Å². The van der Waals surface area contributed by atoms with Crippen LogP contribution in [0.15, 0.2) is 24.3 Å². The average molecular weight is 236 g/mol. The van der Waals surface area contributed by atoms with Crippen LogP contribution in [0.3, 0.4) is 0 Å². The van der Waals surface area contributed by atoms with Crippen molar-refractivity contribution in [2.45, 2.75) is 6.92 Å². The molecule has 6 nitrogen and oxygen atoms in total. The first-order valence-corrected chi connectivity index (χ1v) is 4.92.